The quantitative estimate of drug-likeness (QED) is 0.902. The summed E-state index contributed by atoms with van der Waals surface area (Å²) in [5.41, 5.74) is 0. The fourth-order valence-corrected chi connectivity index (χ4v) is 3.75. The van der Waals surface area contributed by atoms with Gasteiger partial charge >= 0.3 is 0 Å². The first-order valence-electron chi connectivity index (χ1n) is 7.17. The molecule has 19 heavy (non-hydrogen) atoms. The van der Waals surface area contributed by atoms with E-state index in [0.29, 0.717) is 23.9 Å². The molecular formula is C14H25N3OS. The van der Waals surface area contributed by atoms with Gasteiger partial charge in [-0.15, -0.1) is 10.2 Å². The van der Waals surface area contributed by atoms with Crippen LogP contribution in [0.1, 0.15) is 50.6 Å². The SMILES string of the molecule is CC(C)CNCc1nnc(C2C(C)OC(C)C2C)s1. The lowest BCUT2D eigenvalue weighted by Crippen LogP contribution is -2.18. The van der Waals surface area contributed by atoms with E-state index in [9.17, 15) is 0 Å². The van der Waals surface area contributed by atoms with Crippen LogP contribution in [0.25, 0.3) is 0 Å². The molecule has 4 nitrogen and oxygen atoms in total. The van der Waals surface area contributed by atoms with Crippen LogP contribution in [0.5, 0.6) is 0 Å². The lowest BCUT2D eigenvalue weighted by Gasteiger charge is -2.14. The van der Waals surface area contributed by atoms with Crippen LogP contribution in [-0.2, 0) is 11.3 Å². The smallest absolute Gasteiger partial charge is 0.131 e. The van der Waals surface area contributed by atoms with Gasteiger partial charge in [0.05, 0.1) is 12.2 Å². The molecule has 0 bridgehead atoms. The largest absolute Gasteiger partial charge is 0.375 e. The minimum atomic E-state index is 0.245. The molecule has 4 unspecified atom stereocenters. The van der Waals surface area contributed by atoms with Gasteiger partial charge in [0.1, 0.15) is 10.0 Å². The normalized spacial score (nSPS) is 31.3. The molecule has 0 aliphatic carbocycles. The Labute approximate surface area is 120 Å². The summed E-state index contributed by atoms with van der Waals surface area (Å²) in [4.78, 5) is 0. The topological polar surface area (TPSA) is 47.0 Å². The molecule has 2 heterocycles. The van der Waals surface area contributed by atoms with Crippen LogP contribution in [0, 0.1) is 11.8 Å². The van der Waals surface area contributed by atoms with E-state index >= 15 is 0 Å². The lowest BCUT2D eigenvalue weighted by molar-refractivity contribution is 0.0556. The van der Waals surface area contributed by atoms with Gasteiger partial charge in [0.25, 0.3) is 0 Å². The third-order valence-corrected chi connectivity index (χ3v) is 4.86. The molecule has 2 rings (SSSR count). The van der Waals surface area contributed by atoms with Crippen LogP contribution in [-0.4, -0.2) is 29.0 Å². The van der Waals surface area contributed by atoms with Gasteiger partial charge in [-0.2, -0.15) is 0 Å². The maximum atomic E-state index is 5.89. The Hall–Kier alpha value is -0.520. The first kappa shape index (κ1) is 14.9. The number of hydrogen-bond donors (Lipinski definition) is 1. The van der Waals surface area contributed by atoms with E-state index in [1.165, 1.54) is 0 Å². The second-order valence-electron chi connectivity index (χ2n) is 5.99. The highest BCUT2D eigenvalue weighted by Gasteiger charge is 2.39. The van der Waals surface area contributed by atoms with E-state index in [0.717, 1.165) is 23.1 Å². The number of aromatic nitrogens is 2. The van der Waals surface area contributed by atoms with Crippen molar-refractivity contribution in [2.75, 3.05) is 6.54 Å². The van der Waals surface area contributed by atoms with Gasteiger partial charge in [-0.05, 0) is 32.2 Å². The second-order valence-corrected chi connectivity index (χ2v) is 7.08. The standard InChI is InChI=1S/C14H25N3OS/c1-8(2)6-15-7-12-16-17-14(19-12)13-9(3)10(4)18-11(13)5/h8-11,13,15H,6-7H2,1-5H3. The average molecular weight is 283 g/mol. The molecule has 1 aliphatic rings. The first-order valence-corrected chi connectivity index (χ1v) is 7.99. The third kappa shape index (κ3) is 3.52. The van der Waals surface area contributed by atoms with E-state index in [4.69, 9.17) is 4.74 Å². The molecule has 0 spiro atoms. The summed E-state index contributed by atoms with van der Waals surface area (Å²) in [6, 6.07) is 0. The van der Waals surface area contributed by atoms with Crippen molar-refractivity contribution in [1.82, 2.24) is 15.5 Å². The fraction of sp³-hybridized carbons (Fsp3) is 0.857. The summed E-state index contributed by atoms with van der Waals surface area (Å²) in [7, 11) is 0. The summed E-state index contributed by atoms with van der Waals surface area (Å²) in [6.45, 7) is 12.8. The highest BCUT2D eigenvalue weighted by molar-refractivity contribution is 7.11. The summed E-state index contributed by atoms with van der Waals surface area (Å²) in [6.07, 6.45) is 0.556. The maximum absolute atomic E-state index is 5.89. The van der Waals surface area contributed by atoms with Crippen LogP contribution in [0.2, 0.25) is 0 Å². The second kappa shape index (κ2) is 6.29. The Morgan fingerprint density at radius 2 is 1.95 bits per heavy atom. The van der Waals surface area contributed by atoms with Crippen LogP contribution in [0.15, 0.2) is 0 Å². The molecule has 108 valence electrons. The molecule has 4 atom stereocenters. The molecule has 1 aliphatic heterocycles. The fourth-order valence-electron chi connectivity index (χ4n) is 2.63. The molecule has 0 aromatic carbocycles. The van der Waals surface area contributed by atoms with Crippen molar-refractivity contribution in [2.45, 2.75) is 59.3 Å². The molecule has 1 aromatic heterocycles. The van der Waals surface area contributed by atoms with Gasteiger partial charge < -0.3 is 10.1 Å². The number of rotatable bonds is 5. The van der Waals surface area contributed by atoms with Crippen molar-refractivity contribution in [2.24, 2.45) is 11.8 Å². The van der Waals surface area contributed by atoms with Crippen LogP contribution in [0.4, 0.5) is 0 Å². The van der Waals surface area contributed by atoms with E-state index in [1.807, 2.05) is 0 Å². The van der Waals surface area contributed by atoms with Crippen molar-refractivity contribution in [1.29, 1.82) is 0 Å². The Kier molecular flexibility index (Phi) is 4.92. The van der Waals surface area contributed by atoms with Gasteiger partial charge in [-0.25, -0.2) is 0 Å². The number of hydrogen-bond acceptors (Lipinski definition) is 5. The zero-order chi connectivity index (χ0) is 14.0. The lowest BCUT2D eigenvalue weighted by atomic mass is 9.90. The molecule has 1 saturated heterocycles. The van der Waals surface area contributed by atoms with Crippen molar-refractivity contribution in [3.63, 3.8) is 0 Å². The Morgan fingerprint density at radius 3 is 2.53 bits per heavy atom. The zero-order valence-corrected chi connectivity index (χ0v) is 13.3. The predicted molar refractivity (Wildman–Crippen MR) is 78.4 cm³/mol. The third-order valence-electron chi connectivity index (χ3n) is 3.84. The minimum Gasteiger partial charge on any atom is -0.375 e. The predicted octanol–water partition coefficient (Wildman–Crippen LogP) is 2.81. The number of nitrogens with zero attached hydrogens (tertiary/aromatic N) is 2. The van der Waals surface area contributed by atoms with E-state index in [2.05, 4.69) is 50.1 Å². The maximum Gasteiger partial charge on any atom is 0.131 e. The Balaban J connectivity index is 1.97. The van der Waals surface area contributed by atoms with Crippen molar-refractivity contribution < 1.29 is 4.74 Å². The summed E-state index contributed by atoms with van der Waals surface area (Å²) in [5, 5.41) is 14.3. The van der Waals surface area contributed by atoms with E-state index in [-0.39, 0.29) is 6.10 Å². The molecule has 1 aromatic rings. The molecule has 0 saturated carbocycles. The molecule has 0 radical (unpaired) electrons. The monoisotopic (exact) mass is 283 g/mol. The summed E-state index contributed by atoms with van der Waals surface area (Å²) < 4.78 is 5.89. The minimum absolute atomic E-state index is 0.245. The zero-order valence-electron chi connectivity index (χ0n) is 12.5. The average Bonchev–Trinajstić information content (AvgIpc) is 2.85. The Morgan fingerprint density at radius 1 is 1.21 bits per heavy atom. The summed E-state index contributed by atoms with van der Waals surface area (Å²) in [5.74, 6) is 1.57. The molecule has 1 N–H and O–H groups in total. The molecule has 0 amide bonds. The van der Waals surface area contributed by atoms with Gasteiger partial charge in [0, 0.05) is 12.5 Å². The van der Waals surface area contributed by atoms with Crippen LogP contribution in [0.3, 0.4) is 0 Å². The summed E-state index contributed by atoms with van der Waals surface area (Å²) >= 11 is 1.73. The van der Waals surface area contributed by atoms with Gasteiger partial charge in [0.2, 0.25) is 0 Å². The molecule has 1 fully saturated rings. The Bertz CT molecular complexity index is 407. The van der Waals surface area contributed by atoms with Crippen molar-refractivity contribution >= 4 is 11.3 Å². The van der Waals surface area contributed by atoms with Gasteiger partial charge in [0.15, 0.2) is 0 Å². The van der Waals surface area contributed by atoms with Crippen molar-refractivity contribution in [3.8, 4) is 0 Å². The van der Waals surface area contributed by atoms with E-state index in [1.54, 1.807) is 11.3 Å². The van der Waals surface area contributed by atoms with Crippen LogP contribution >= 0.6 is 11.3 Å². The number of nitrogens with one attached hydrogen (secondary N) is 1. The molecular weight excluding hydrogens is 258 g/mol. The van der Waals surface area contributed by atoms with Gasteiger partial charge in [-0.1, -0.05) is 32.1 Å². The van der Waals surface area contributed by atoms with Crippen LogP contribution < -0.4 is 5.32 Å². The van der Waals surface area contributed by atoms with Gasteiger partial charge in [-0.3, -0.25) is 0 Å². The first-order chi connectivity index (χ1) is 8.99. The highest BCUT2D eigenvalue weighted by Crippen LogP contribution is 2.40. The van der Waals surface area contributed by atoms with E-state index < -0.39 is 0 Å². The highest BCUT2D eigenvalue weighted by atomic mass is 32.1. The molecule has 5 heteroatoms. The van der Waals surface area contributed by atoms with Crippen molar-refractivity contribution in [3.05, 3.63) is 10.0 Å². The number of ether oxygens (including phenoxy) is 1.